The first-order chi connectivity index (χ1) is 9.63. The van der Waals surface area contributed by atoms with Gasteiger partial charge in [0, 0.05) is 13.2 Å². The normalized spacial score (nSPS) is 10.1. The van der Waals surface area contributed by atoms with Crippen LogP contribution in [0.25, 0.3) is 0 Å². The van der Waals surface area contributed by atoms with E-state index in [0.717, 1.165) is 5.57 Å². The second-order valence-corrected chi connectivity index (χ2v) is 3.62. The predicted molar refractivity (Wildman–Crippen MR) is 83.9 cm³/mol. The van der Waals surface area contributed by atoms with Crippen molar-refractivity contribution in [1.29, 1.82) is 0 Å². The van der Waals surface area contributed by atoms with Gasteiger partial charge in [-0.25, -0.2) is 0 Å². The third-order valence-electron chi connectivity index (χ3n) is 2.44. The summed E-state index contributed by atoms with van der Waals surface area (Å²) < 4.78 is 1.46. The maximum atomic E-state index is 12.0. The molecule has 0 aliphatic rings. The summed E-state index contributed by atoms with van der Waals surface area (Å²) in [5, 5.41) is 2.44. The smallest absolute Gasteiger partial charge is 0.263 e. The van der Waals surface area contributed by atoms with E-state index in [1.165, 1.54) is 17.7 Å². The number of hydrogen-bond acceptors (Lipinski definition) is 2. The molecule has 0 atom stereocenters. The molecular weight excluding hydrogens is 252 g/mol. The lowest BCUT2D eigenvalue weighted by atomic mass is 10.2. The Labute approximate surface area is 120 Å². The van der Waals surface area contributed by atoms with Crippen molar-refractivity contribution in [3.63, 3.8) is 0 Å². The lowest BCUT2D eigenvalue weighted by Gasteiger charge is -2.07. The van der Waals surface area contributed by atoms with E-state index in [-0.39, 0.29) is 17.0 Å². The highest BCUT2D eigenvalue weighted by molar-refractivity contribution is 5.93. The fourth-order valence-corrected chi connectivity index (χ4v) is 1.50. The Morgan fingerprint density at radius 3 is 2.55 bits per heavy atom. The first-order valence-corrected chi connectivity index (χ1v) is 6.49. The van der Waals surface area contributed by atoms with Gasteiger partial charge in [0.1, 0.15) is 5.56 Å². The molecule has 0 spiro atoms. The van der Waals surface area contributed by atoms with Crippen molar-refractivity contribution >= 4 is 5.91 Å². The topological polar surface area (TPSA) is 51.1 Å². The first-order valence-electron chi connectivity index (χ1n) is 6.49. The maximum absolute atomic E-state index is 12.0. The lowest BCUT2D eigenvalue weighted by molar-refractivity contribution is 0.0961. The van der Waals surface area contributed by atoms with Gasteiger partial charge < -0.3 is 9.88 Å². The molecule has 0 bridgehead atoms. The summed E-state index contributed by atoms with van der Waals surface area (Å²) in [6.07, 6.45) is 6.69. The van der Waals surface area contributed by atoms with Crippen LogP contribution in [0, 0.1) is 0 Å². The van der Waals surface area contributed by atoms with E-state index in [0.29, 0.717) is 6.54 Å². The van der Waals surface area contributed by atoms with Gasteiger partial charge in [-0.15, -0.1) is 0 Å². The Bertz CT molecular complexity index is 554. The molecule has 0 radical (unpaired) electrons. The molecule has 0 saturated heterocycles. The van der Waals surface area contributed by atoms with Crippen LogP contribution in [0.5, 0.6) is 0 Å². The minimum atomic E-state index is -0.387. The highest BCUT2D eigenvalue weighted by Gasteiger charge is 2.10. The van der Waals surface area contributed by atoms with Crippen LogP contribution in [-0.4, -0.2) is 17.5 Å². The molecule has 0 unspecified atom stereocenters. The van der Waals surface area contributed by atoms with Crippen LogP contribution in [0.1, 0.15) is 24.2 Å². The summed E-state index contributed by atoms with van der Waals surface area (Å²) in [5.74, 6) is -0.387. The number of allylic oxidation sites excluding steroid dienone is 4. The average molecular weight is 274 g/mol. The van der Waals surface area contributed by atoms with Gasteiger partial charge in [-0.1, -0.05) is 45.2 Å². The molecule has 0 aliphatic carbocycles. The van der Waals surface area contributed by atoms with E-state index in [1.807, 2.05) is 13.8 Å². The Hall–Kier alpha value is -2.36. The molecule has 0 aliphatic heterocycles. The van der Waals surface area contributed by atoms with Gasteiger partial charge in [-0.2, -0.15) is 0 Å². The highest BCUT2D eigenvalue weighted by atomic mass is 16.2. The molecule has 1 aromatic rings. The lowest BCUT2D eigenvalue weighted by Crippen LogP contribution is -2.31. The average Bonchev–Trinajstić information content (AvgIpc) is 2.50. The van der Waals surface area contributed by atoms with Crippen molar-refractivity contribution in [2.24, 2.45) is 0 Å². The number of nitrogens with zero attached hydrogens (tertiary/aromatic N) is 1. The van der Waals surface area contributed by atoms with E-state index in [1.54, 1.807) is 30.5 Å². The van der Waals surface area contributed by atoms with Crippen LogP contribution in [0.2, 0.25) is 0 Å². The quantitative estimate of drug-likeness (QED) is 0.839. The molecule has 1 rings (SSSR count). The first kappa shape index (κ1) is 17.6. The molecule has 1 N–H and O–H groups in total. The van der Waals surface area contributed by atoms with Gasteiger partial charge in [0.05, 0.1) is 6.54 Å². The van der Waals surface area contributed by atoms with Crippen LogP contribution < -0.4 is 10.9 Å². The summed E-state index contributed by atoms with van der Waals surface area (Å²) in [4.78, 5) is 23.5. The zero-order valence-corrected chi connectivity index (χ0v) is 12.3. The van der Waals surface area contributed by atoms with Gasteiger partial charge in [-0.3, -0.25) is 9.59 Å². The highest BCUT2D eigenvalue weighted by Crippen LogP contribution is 2.01. The second-order valence-electron chi connectivity index (χ2n) is 3.62. The van der Waals surface area contributed by atoms with E-state index in [4.69, 9.17) is 0 Å². The van der Waals surface area contributed by atoms with Crippen LogP contribution >= 0.6 is 0 Å². The third kappa shape index (κ3) is 4.72. The summed E-state index contributed by atoms with van der Waals surface area (Å²) in [5.41, 5.74) is 0.650. The number of aromatic nitrogens is 1. The van der Waals surface area contributed by atoms with Crippen LogP contribution in [-0.2, 0) is 6.54 Å². The van der Waals surface area contributed by atoms with Crippen molar-refractivity contribution in [3.8, 4) is 0 Å². The summed E-state index contributed by atoms with van der Waals surface area (Å²) >= 11 is 0. The Morgan fingerprint density at radius 2 is 2.05 bits per heavy atom. The molecule has 1 amide bonds. The minimum absolute atomic E-state index is 0.127. The second kappa shape index (κ2) is 9.55. The number of pyridine rings is 1. The molecule has 0 aromatic carbocycles. The molecule has 4 nitrogen and oxygen atoms in total. The van der Waals surface area contributed by atoms with Crippen molar-refractivity contribution in [3.05, 3.63) is 71.2 Å². The van der Waals surface area contributed by atoms with Crippen LogP contribution in [0.15, 0.2) is 60.1 Å². The molecule has 108 valence electrons. The predicted octanol–water partition coefficient (Wildman–Crippen LogP) is 2.53. The Morgan fingerprint density at radius 1 is 1.40 bits per heavy atom. The van der Waals surface area contributed by atoms with E-state index >= 15 is 0 Å². The molecule has 4 heteroatoms. The number of amides is 1. The fourth-order valence-electron chi connectivity index (χ4n) is 1.50. The van der Waals surface area contributed by atoms with Gasteiger partial charge >= 0.3 is 0 Å². The zero-order valence-electron chi connectivity index (χ0n) is 12.3. The molecule has 0 fully saturated rings. The van der Waals surface area contributed by atoms with Crippen molar-refractivity contribution in [1.82, 2.24) is 9.88 Å². The summed E-state index contributed by atoms with van der Waals surface area (Å²) in [6, 6.07) is 3.17. The maximum Gasteiger partial charge on any atom is 0.263 e. The fraction of sp³-hybridized carbons (Fsp3) is 0.250. The number of carbonyl (C=O) groups is 1. The van der Waals surface area contributed by atoms with E-state index in [2.05, 4.69) is 18.5 Å². The van der Waals surface area contributed by atoms with E-state index in [9.17, 15) is 9.59 Å². The number of nitrogens with one attached hydrogen (secondary N) is 1. The van der Waals surface area contributed by atoms with Crippen LogP contribution in [0.3, 0.4) is 0 Å². The summed E-state index contributed by atoms with van der Waals surface area (Å²) in [6.45, 7) is 11.6. The Kier molecular flexibility index (Phi) is 8.43. The minimum Gasteiger partial charge on any atom is -0.355 e. The number of rotatable bonds is 5. The molecule has 1 aromatic heterocycles. The standard InChI is InChI=1S/C14H16N2O2.C2H6/c1-4-7-11(5-2)10-16-9-6-8-12(14(16)18)13(17)15-3;1-2/h4-9H,1-2,10H2,3H3,(H,15,17);1-2H3/b11-7+;. The van der Waals surface area contributed by atoms with Gasteiger partial charge in [0.2, 0.25) is 0 Å². The SMILES string of the molecule is C=C/C=C(\C=C)Cn1cccc(C(=O)NC)c1=O.CC. The zero-order chi connectivity index (χ0) is 15.5. The van der Waals surface area contributed by atoms with Crippen LogP contribution in [0.4, 0.5) is 0 Å². The monoisotopic (exact) mass is 274 g/mol. The molecule has 0 saturated carbocycles. The van der Waals surface area contributed by atoms with Crippen molar-refractivity contribution in [2.45, 2.75) is 20.4 Å². The molecule has 20 heavy (non-hydrogen) atoms. The number of hydrogen-bond donors (Lipinski definition) is 1. The van der Waals surface area contributed by atoms with E-state index < -0.39 is 0 Å². The third-order valence-corrected chi connectivity index (χ3v) is 2.44. The molecule has 1 heterocycles. The van der Waals surface area contributed by atoms with Gasteiger partial charge in [0.25, 0.3) is 11.5 Å². The Balaban J connectivity index is 0.00000172. The van der Waals surface area contributed by atoms with Crippen molar-refractivity contribution in [2.75, 3.05) is 7.05 Å². The summed E-state index contributed by atoms with van der Waals surface area (Å²) in [7, 11) is 1.49. The largest absolute Gasteiger partial charge is 0.355 e. The van der Waals surface area contributed by atoms with Gasteiger partial charge in [0.15, 0.2) is 0 Å². The van der Waals surface area contributed by atoms with Gasteiger partial charge in [-0.05, 0) is 17.7 Å². The number of carbonyl (C=O) groups excluding carboxylic acids is 1. The molecular formula is C16H22N2O2. The van der Waals surface area contributed by atoms with Crippen molar-refractivity contribution < 1.29 is 4.79 Å².